The monoisotopic (exact) mass is 385 g/mol. The molecule has 0 aliphatic carbocycles. The Morgan fingerprint density at radius 1 is 0.963 bits per heavy atom. The fourth-order valence-corrected chi connectivity index (χ4v) is 3.76. The number of sulfonamides is 1. The van der Waals surface area contributed by atoms with Gasteiger partial charge in [-0.1, -0.05) is 48.5 Å². The van der Waals surface area contributed by atoms with Crippen LogP contribution < -0.4 is 4.72 Å². The van der Waals surface area contributed by atoms with E-state index in [0.29, 0.717) is 12.1 Å². The topological polar surface area (TPSA) is 83.5 Å². The molecule has 0 atom stereocenters. The second-order valence-electron chi connectivity index (χ2n) is 5.87. The lowest BCUT2D eigenvalue weighted by molar-refractivity contribution is 0.0691. The van der Waals surface area contributed by atoms with Crippen molar-refractivity contribution in [2.24, 2.45) is 0 Å². The Bertz CT molecular complexity index is 1080. The summed E-state index contributed by atoms with van der Waals surface area (Å²) in [5.41, 5.74) is 1.45. The predicted molar refractivity (Wildman–Crippen MR) is 99.9 cm³/mol. The number of aromatic carboxylic acids is 1. The summed E-state index contributed by atoms with van der Waals surface area (Å²) in [5, 5.41) is 9.00. The van der Waals surface area contributed by atoms with Gasteiger partial charge in [-0.25, -0.2) is 17.6 Å². The summed E-state index contributed by atoms with van der Waals surface area (Å²) in [6.45, 7) is 0. The third kappa shape index (κ3) is 4.32. The lowest BCUT2D eigenvalue weighted by Gasteiger charge is -2.13. The van der Waals surface area contributed by atoms with Crippen LogP contribution in [-0.2, 0) is 16.4 Å². The van der Waals surface area contributed by atoms with E-state index >= 15 is 0 Å². The van der Waals surface area contributed by atoms with Crippen molar-refractivity contribution in [1.82, 2.24) is 0 Å². The quantitative estimate of drug-likeness (QED) is 0.674. The number of hydrogen-bond donors (Lipinski definition) is 2. The van der Waals surface area contributed by atoms with Crippen LogP contribution in [0.3, 0.4) is 0 Å². The first-order valence-electron chi connectivity index (χ1n) is 8.04. The summed E-state index contributed by atoms with van der Waals surface area (Å²) in [4.78, 5) is 10.7. The van der Waals surface area contributed by atoms with Gasteiger partial charge in [0.2, 0.25) is 0 Å². The number of carbonyl (C=O) groups is 1. The Morgan fingerprint density at radius 3 is 2.33 bits per heavy atom. The van der Waals surface area contributed by atoms with Crippen molar-refractivity contribution < 1.29 is 22.7 Å². The highest BCUT2D eigenvalue weighted by atomic mass is 32.2. The number of carboxylic acid groups (broad SMARTS) is 1. The van der Waals surface area contributed by atoms with Gasteiger partial charge in [0, 0.05) is 0 Å². The second-order valence-corrected chi connectivity index (χ2v) is 7.55. The molecular formula is C20H16FNO4S. The summed E-state index contributed by atoms with van der Waals surface area (Å²) >= 11 is 0. The van der Waals surface area contributed by atoms with Gasteiger partial charge >= 0.3 is 5.97 Å². The van der Waals surface area contributed by atoms with E-state index in [0.717, 1.165) is 29.3 Å². The molecule has 0 saturated carbocycles. The van der Waals surface area contributed by atoms with Gasteiger partial charge in [-0.05, 0) is 41.8 Å². The summed E-state index contributed by atoms with van der Waals surface area (Å²) in [7, 11) is -4.08. The molecule has 0 saturated heterocycles. The van der Waals surface area contributed by atoms with Crippen LogP contribution in [0.4, 0.5) is 10.1 Å². The van der Waals surface area contributed by atoms with Gasteiger partial charge in [0.05, 0.1) is 16.1 Å². The normalized spacial score (nSPS) is 11.1. The molecule has 0 bridgehead atoms. The molecule has 7 heteroatoms. The average molecular weight is 385 g/mol. The molecule has 0 unspecified atom stereocenters. The molecular weight excluding hydrogens is 369 g/mol. The average Bonchev–Trinajstić information content (AvgIpc) is 2.64. The van der Waals surface area contributed by atoms with Crippen LogP contribution in [0.1, 0.15) is 21.5 Å². The van der Waals surface area contributed by atoms with Crippen molar-refractivity contribution in [3.63, 3.8) is 0 Å². The summed E-state index contributed by atoms with van der Waals surface area (Å²) in [6, 6.07) is 19.1. The number of anilines is 1. The maximum Gasteiger partial charge on any atom is 0.338 e. The molecule has 3 aromatic rings. The van der Waals surface area contributed by atoms with Crippen LogP contribution in [0.2, 0.25) is 0 Å². The van der Waals surface area contributed by atoms with Crippen LogP contribution in [0.25, 0.3) is 0 Å². The summed E-state index contributed by atoms with van der Waals surface area (Å²) < 4.78 is 41.3. The highest BCUT2D eigenvalue weighted by Gasteiger charge is 2.20. The number of halogens is 1. The summed E-state index contributed by atoms with van der Waals surface area (Å²) in [5.74, 6) is -2.53. The maximum atomic E-state index is 13.5. The lowest BCUT2D eigenvalue weighted by atomic mass is 10.0. The van der Waals surface area contributed by atoms with Crippen molar-refractivity contribution in [1.29, 1.82) is 0 Å². The SMILES string of the molecule is O=C(O)c1cc(S(=O)(=O)Nc2ccccc2Cc2ccccc2)ccc1F. The van der Waals surface area contributed by atoms with Crippen LogP contribution in [-0.4, -0.2) is 19.5 Å². The van der Waals surface area contributed by atoms with Crippen molar-refractivity contribution >= 4 is 21.7 Å². The second kappa shape index (κ2) is 7.59. The third-order valence-corrected chi connectivity index (χ3v) is 5.34. The molecule has 27 heavy (non-hydrogen) atoms. The number of benzene rings is 3. The summed E-state index contributed by atoms with van der Waals surface area (Å²) in [6.07, 6.45) is 0.517. The molecule has 2 N–H and O–H groups in total. The van der Waals surface area contributed by atoms with Gasteiger partial charge in [-0.2, -0.15) is 0 Å². The number of rotatable bonds is 6. The van der Waals surface area contributed by atoms with E-state index in [-0.39, 0.29) is 4.90 Å². The molecule has 0 heterocycles. The third-order valence-electron chi connectivity index (χ3n) is 3.98. The Morgan fingerprint density at radius 2 is 1.63 bits per heavy atom. The number of para-hydroxylation sites is 1. The van der Waals surface area contributed by atoms with Crippen LogP contribution in [0, 0.1) is 5.82 Å². The lowest BCUT2D eigenvalue weighted by Crippen LogP contribution is -2.15. The largest absolute Gasteiger partial charge is 0.478 e. The predicted octanol–water partition coefficient (Wildman–Crippen LogP) is 3.92. The zero-order valence-electron chi connectivity index (χ0n) is 14.1. The van der Waals surface area contributed by atoms with E-state index in [1.54, 1.807) is 24.3 Å². The van der Waals surface area contributed by atoms with E-state index in [1.807, 2.05) is 30.3 Å². The Kier molecular flexibility index (Phi) is 5.23. The Balaban J connectivity index is 1.93. The van der Waals surface area contributed by atoms with E-state index in [2.05, 4.69) is 4.72 Å². The first-order chi connectivity index (χ1) is 12.9. The zero-order chi connectivity index (χ0) is 19.4. The number of nitrogens with one attached hydrogen (secondary N) is 1. The molecule has 0 fully saturated rings. The number of carboxylic acids is 1. The Hall–Kier alpha value is -3.19. The fourth-order valence-electron chi connectivity index (χ4n) is 2.63. The first kappa shape index (κ1) is 18.6. The highest BCUT2D eigenvalue weighted by molar-refractivity contribution is 7.92. The van der Waals surface area contributed by atoms with Crippen LogP contribution >= 0.6 is 0 Å². The van der Waals surface area contributed by atoms with Crippen molar-refractivity contribution in [2.75, 3.05) is 4.72 Å². The van der Waals surface area contributed by atoms with Gasteiger partial charge in [-0.3, -0.25) is 4.72 Å². The molecule has 5 nitrogen and oxygen atoms in total. The van der Waals surface area contributed by atoms with Gasteiger partial charge in [0.15, 0.2) is 0 Å². The smallest absolute Gasteiger partial charge is 0.338 e. The fraction of sp³-hybridized carbons (Fsp3) is 0.0500. The van der Waals surface area contributed by atoms with E-state index in [9.17, 15) is 17.6 Å². The molecule has 0 aromatic heterocycles. The molecule has 3 rings (SSSR count). The van der Waals surface area contributed by atoms with E-state index in [1.165, 1.54) is 0 Å². The van der Waals surface area contributed by atoms with Crippen molar-refractivity contribution in [3.8, 4) is 0 Å². The maximum absolute atomic E-state index is 13.5. The Labute approximate surface area is 156 Å². The number of hydrogen-bond acceptors (Lipinski definition) is 3. The minimum atomic E-state index is -4.08. The van der Waals surface area contributed by atoms with E-state index < -0.39 is 27.4 Å². The van der Waals surface area contributed by atoms with Gasteiger partial charge in [-0.15, -0.1) is 0 Å². The zero-order valence-corrected chi connectivity index (χ0v) is 14.9. The first-order valence-corrected chi connectivity index (χ1v) is 9.52. The van der Waals surface area contributed by atoms with Gasteiger partial charge in [0.25, 0.3) is 10.0 Å². The van der Waals surface area contributed by atoms with Gasteiger partial charge in [0.1, 0.15) is 5.82 Å². The van der Waals surface area contributed by atoms with Crippen molar-refractivity contribution in [2.45, 2.75) is 11.3 Å². The molecule has 0 spiro atoms. The minimum Gasteiger partial charge on any atom is -0.478 e. The van der Waals surface area contributed by atoms with E-state index in [4.69, 9.17) is 5.11 Å². The molecule has 3 aromatic carbocycles. The molecule has 0 aliphatic heterocycles. The van der Waals surface area contributed by atoms with Gasteiger partial charge < -0.3 is 5.11 Å². The molecule has 138 valence electrons. The van der Waals surface area contributed by atoms with Crippen LogP contribution in [0.5, 0.6) is 0 Å². The van der Waals surface area contributed by atoms with Crippen molar-refractivity contribution in [3.05, 3.63) is 95.3 Å². The molecule has 0 radical (unpaired) electrons. The minimum absolute atomic E-state index is 0.323. The highest BCUT2D eigenvalue weighted by Crippen LogP contribution is 2.23. The molecule has 0 amide bonds. The van der Waals surface area contributed by atoms with Crippen LogP contribution in [0.15, 0.2) is 77.7 Å². The molecule has 0 aliphatic rings. The standard InChI is InChI=1S/C20H16FNO4S/c21-18-11-10-16(13-17(18)20(23)24)27(25,26)22-19-9-5-4-8-15(19)12-14-6-2-1-3-7-14/h1-11,13,22H,12H2,(H,23,24).